The Bertz CT molecular complexity index is 1960. The summed E-state index contributed by atoms with van der Waals surface area (Å²) in [6.45, 7) is 0.407. The van der Waals surface area contributed by atoms with Gasteiger partial charge in [-0.1, -0.05) is 30.3 Å². The Morgan fingerprint density at radius 3 is 2.51 bits per heavy atom. The van der Waals surface area contributed by atoms with Crippen LogP contribution in [0.15, 0.2) is 67.4 Å². The number of alkyl halides is 2. The Balaban J connectivity index is 1.33. The van der Waals surface area contributed by atoms with Gasteiger partial charge in [-0.05, 0) is 48.6 Å². The van der Waals surface area contributed by atoms with Crippen molar-refractivity contribution in [1.82, 2.24) is 24.5 Å². The minimum atomic E-state index is -3.04. The third-order valence-electron chi connectivity index (χ3n) is 8.56. The second-order valence-electron chi connectivity index (χ2n) is 12.0. The quantitative estimate of drug-likeness (QED) is 0.0966. The number of hydrogen-bond donors (Lipinski definition) is 4. The van der Waals surface area contributed by atoms with E-state index < -0.39 is 47.5 Å². The molecule has 1 saturated heterocycles. The Labute approximate surface area is 277 Å². The molecule has 3 aromatic heterocycles. The number of nitrogens with two attached hydrogens (primary N) is 3. The number of esters is 1. The zero-order chi connectivity index (χ0) is 34.9. The lowest BCUT2D eigenvalue weighted by atomic mass is 9.84. The maximum absolute atomic E-state index is 15.3. The van der Waals surface area contributed by atoms with Crippen LogP contribution in [-0.4, -0.2) is 72.8 Å². The third-order valence-corrected chi connectivity index (χ3v) is 8.56. The van der Waals surface area contributed by atoms with Crippen LogP contribution in [0.25, 0.3) is 22.4 Å². The molecule has 6 rings (SSSR count). The van der Waals surface area contributed by atoms with E-state index in [0.717, 1.165) is 17.7 Å². The van der Waals surface area contributed by atoms with Gasteiger partial charge in [0.25, 0.3) is 6.43 Å². The fourth-order valence-electron chi connectivity index (χ4n) is 6.00. The van der Waals surface area contributed by atoms with Gasteiger partial charge in [-0.15, -0.1) is 0 Å². The Morgan fingerprint density at radius 1 is 1.06 bits per heavy atom. The molecule has 0 bridgehead atoms. The van der Waals surface area contributed by atoms with Crippen LogP contribution >= 0.6 is 0 Å². The van der Waals surface area contributed by atoms with Crippen LogP contribution in [0.5, 0.6) is 5.75 Å². The van der Waals surface area contributed by atoms with E-state index in [1.807, 2.05) is 0 Å². The van der Waals surface area contributed by atoms with Crippen molar-refractivity contribution >= 4 is 28.6 Å². The number of nitrogens with zero attached hydrogens (tertiary/aromatic N) is 6. The molecular weight excluding hydrogens is 646 g/mol. The Kier molecular flexibility index (Phi) is 9.45. The summed E-state index contributed by atoms with van der Waals surface area (Å²) >= 11 is 0. The summed E-state index contributed by atoms with van der Waals surface area (Å²) in [6.07, 6.45) is -0.199. The van der Waals surface area contributed by atoms with Gasteiger partial charge in [0.15, 0.2) is 23.1 Å². The molecule has 0 amide bonds. The summed E-state index contributed by atoms with van der Waals surface area (Å²) in [5.41, 5.74) is 19.3. The lowest BCUT2D eigenvalue weighted by Gasteiger charge is -2.44. The molecule has 12 nitrogen and oxygen atoms in total. The van der Waals surface area contributed by atoms with Gasteiger partial charge in [0.2, 0.25) is 5.75 Å². The molecule has 0 unspecified atom stereocenters. The number of anilines is 2. The molecule has 2 aromatic carbocycles. The molecule has 1 fully saturated rings. The van der Waals surface area contributed by atoms with Crippen molar-refractivity contribution in [1.29, 1.82) is 0 Å². The molecule has 4 heterocycles. The van der Waals surface area contributed by atoms with E-state index in [9.17, 15) is 18.7 Å². The second kappa shape index (κ2) is 13.7. The number of halogens is 4. The fraction of sp³-hybridized carbons (Fsp3) is 0.303. The number of benzene rings is 2. The summed E-state index contributed by atoms with van der Waals surface area (Å²) in [5, 5.41) is 10.2. The summed E-state index contributed by atoms with van der Waals surface area (Å²) in [7, 11) is 0. The molecule has 0 radical (unpaired) electrons. The lowest BCUT2D eigenvalue weighted by Crippen LogP contribution is -2.63. The van der Waals surface area contributed by atoms with E-state index in [-0.39, 0.29) is 43.0 Å². The molecule has 0 aliphatic carbocycles. The van der Waals surface area contributed by atoms with Crippen molar-refractivity contribution in [2.45, 2.75) is 49.9 Å². The van der Waals surface area contributed by atoms with E-state index in [1.54, 1.807) is 45.9 Å². The topological polar surface area (TPSA) is 184 Å². The smallest absolute Gasteiger partial charge is 0.328 e. The van der Waals surface area contributed by atoms with Crippen LogP contribution < -0.4 is 26.8 Å². The highest BCUT2D eigenvalue weighted by Gasteiger charge is 2.43. The molecule has 1 aliphatic rings. The first-order valence-corrected chi connectivity index (χ1v) is 15.3. The monoisotopic (exact) mass is 679 g/mol. The average Bonchev–Trinajstić information content (AvgIpc) is 3.50. The van der Waals surface area contributed by atoms with Crippen LogP contribution in [0.3, 0.4) is 0 Å². The van der Waals surface area contributed by atoms with Gasteiger partial charge < -0.3 is 36.5 Å². The van der Waals surface area contributed by atoms with Gasteiger partial charge in [-0.25, -0.2) is 37.3 Å². The first-order chi connectivity index (χ1) is 23.4. The van der Waals surface area contributed by atoms with Crippen LogP contribution in [-0.2, 0) is 17.8 Å². The molecule has 3 atom stereocenters. The summed E-state index contributed by atoms with van der Waals surface area (Å²) in [4.78, 5) is 31.3. The van der Waals surface area contributed by atoms with Crippen molar-refractivity contribution in [2.24, 2.45) is 11.5 Å². The molecule has 49 heavy (non-hydrogen) atoms. The number of rotatable bonds is 10. The van der Waals surface area contributed by atoms with Gasteiger partial charge in [0.05, 0.1) is 36.0 Å². The van der Waals surface area contributed by atoms with E-state index in [4.69, 9.17) is 21.9 Å². The Morgan fingerprint density at radius 2 is 1.80 bits per heavy atom. The zero-order valence-electron chi connectivity index (χ0n) is 26.0. The largest absolute Gasteiger partial charge is 0.419 e. The molecule has 5 aromatic rings. The average molecular weight is 680 g/mol. The highest BCUT2D eigenvalue weighted by atomic mass is 19.3. The zero-order valence-corrected chi connectivity index (χ0v) is 26.0. The van der Waals surface area contributed by atoms with Gasteiger partial charge in [-0.2, -0.15) is 0 Å². The SMILES string of the molecule is Nc1ncnc2c1ncn2Cc1cc(-c2cc(F)c(OC(=O)[C@@H](N)Cc3ccccc3)c(F)c2)ncc1N1CCC[C@](N)([C@@H](O)C(F)F)C1. The number of pyridine rings is 1. The van der Waals surface area contributed by atoms with Crippen LogP contribution in [0, 0.1) is 11.6 Å². The van der Waals surface area contributed by atoms with Gasteiger partial charge >= 0.3 is 5.97 Å². The van der Waals surface area contributed by atoms with Crippen molar-refractivity contribution < 1.29 is 32.2 Å². The van der Waals surface area contributed by atoms with Crippen molar-refractivity contribution in [3.8, 4) is 17.0 Å². The number of piperidine rings is 1. The normalized spacial score (nSPS) is 17.8. The standard InChI is InChI=1S/C33H33F4N9O3/c34-21-10-19(11-22(35)27(21)49-32(48)23(38)9-18-5-2-1-3-6-18)24-12-20(14-46-17-44-26-30(39)42-16-43-31(26)46)25(13-41-24)45-8-4-7-33(40,15-45)28(47)29(36)37/h1-3,5-6,10-13,16-17,23,28-29,47H,4,7-9,14-15,38,40H2,(H2,39,42,43)/t23-,28-,33+/m0/s1. The fourth-order valence-corrected chi connectivity index (χ4v) is 6.00. The number of imidazole rings is 1. The number of carbonyl (C=O) groups excluding carboxylic acids is 1. The molecule has 0 spiro atoms. The van der Waals surface area contributed by atoms with Crippen LogP contribution in [0.4, 0.5) is 29.1 Å². The molecule has 256 valence electrons. The maximum atomic E-state index is 15.3. The molecule has 7 N–H and O–H groups in total. The summed E-state index contributed by atoms with van der Waals surface area (Å²) in [5.74, 6) is -4.05. The third kappa shape index (κ3) is 7.02. The van der Waals surface area contributed by atoms with Crippen molar-refractivity contribution in [3.63, 3.8) is 0 Å². The summed E-state index contributed by atoms with van der Waals surface area (Å²) in [6, 6.07) is 11.2. The van der Waals surface area contributed by atoms with Crippen LogP contribution in [0.1, 0.15) is 24.0 Å². The number of aliphatic hydroxyl groups is 1. The second-order valence-corrected chi connectivity index (χ2v) is 12.0. The number of carbonyl (C=O) groups is 1. The van der Waals surface area contributed by atoms with Crippen LogP contribution in [0.2, 0.25) is 0 Å². The first kappa shape index (κ1) is 33.7. The molecule has 1 aliphatic heterocycles. The first-order valence-electron chi connectivity index (χ1n) is 15.3. The number of ether oxygens (including phenoxy) is 1. The highest BCUT2D eigenvalue weighted by molar-refractivity contribution is 5.81. The van der Waals surface area contributed by atoms with E-state index in [2.05, 4.69) is 19.9 Å². The summed E-state index contributed by atoms with van der Waals surface area (Å²) < 4.78 is 64.5. The number of aromatic nitrogens is 5. The van der Waals surface area contributed by atoms with Gasteiger partial charge in [0, 0.05) is 18.7 Å². The minimum absolute atomic E-state index is 0.0261. The van der Waals surface area contributed by atoms with E-state index in [1.165, 1.54) is 18.9 Å². The predicted molar refractivity (Wildman–Crippen MR) is 173 cm³/mol. The number of fused-ring (bicyclic) bond motifs is 1. The number of nitrogen functional groups attached to an aromatic ring is 1. The predicted octanol–water partition coefficient (Wildman–Crippen LogP) is 3.20. The Hall–Kier alpha value is -5.19. The number of hydrogen-bond acceptors (Lipinski definition) is 11. The lowest BCUT2D eigenvalue weighted by molar-refractivity contribution is -0.136. The molecule has 16 heteroatoms. The maximum Gasteiger partial charge on any atom is 0.328 e. The van der Waals surface area contributed by atoms with Gasteiger partial charge in [-0.3, -0.25) is 4.98 Å². The minimum Gasteiger partial charge on any atom is -0.419 e. The highest BCUT2D eigenvalue weighted by Crippen LogP contribution is 2.35. The molecule has 0 saturated carbocycles. The number of aliphatic hydroxyl groups excluding tert-OH is 1. The van der Waals surface area contributed by atoms with E-state index in [0.29, 0.717) is 35.4 Å². The van der Waals surface area contributed by atoms with Gasteiger partial charge in [0.1, 0.15) is 24.0 Å². The van der Waals surface area contributed by atoms with Crippen molar-refractivity contribution in [2.75, 3.05) is 23.7 Å². The molecular formula is C33H33F4N9O3. The van der Waals surface area contributed by atoms with Crippen molar-refractivity contribution in [3.05, 3.63) is 90.1 Å². The van der Waals surface area contributed by atoms with E-state index >= 15 is 8.78 Å².